The molecule has 18 heavy (non-hydrogen) atoms. The van der Waals surface area contributed by atoms with Crippen molar-refractivity contribution in [1.29, 1.82) is 0 Å². The van der Waals surface area contributed by atoms with Crippen molar-refractivity contribution < 1.29 is 23.6 Å². The normalized spacial score (nSPS) is 10.9. The third kappa shape index (κ3) is 9.88. The first-order valence-corrected chi connectivity index (χ1v) is 6.49. The van der Waals surface area contributed by atoms with E-state index in [1.54, 1.807) is 0 Å². The summed E-state index contributed by atoms with van der Waals surface area (Å²) in [6, 6.07) is 0. The Kier molecular flexibility index (Phi) is 10.0. The van der Waals surface area contributed by atoms with Gasteiger partial charge in [0.2, 0.25) is 0 Å². The van der Waals surface area contributed by atoms with Crippen LogP contribution in [-0.4, -0.2) is 24.6 Å². The van der Waals surface area contributed by atoms with Crippen LogP contribution < -0.4 is 0 Å². The molecule has 0 aliphatic carbocycles. The van der Waals surface area contributed by atoms with Crippen molar-refractivity contribution in [1.82, 2.24) is 0 Å². The van der Waals surface area contributed by atoms with E-state index in [1.165, 1.54) is 0 Å². The van der Waals surface area contributed by atoms with Crippen LogP contribution in [0.15, 0.2) is 12.7 Å². The fourth-order valence-electron chi connectivity index (χ4n) is 1.25. The van der Waals surface area contributed by atoms with Gasteiger partial charge >= 0.3 is 101 Å². The van der Waals surface area contributed by atoms with Gasteiger partial charge in [0.15, 0.2) is 0 Å². The molecule has 0 N–H and O–H groups in total. The fourth-order valence-corrected chi connectivity index (χ4v) is 1.39. The minimum atomic E-state index is -0.694. The Labute approximate surface area is 108 Å². The van der Waals surface area contributed by atoms with Gasteiger partial charge in [-0.2, -0.15) is 0 Å². The molecule has 0 aromatic rings. The molecule has 0 spiro atoms. The van der Waals surface area contributed by atoms with Gasteiger partial charge in [-0.15, -0.1) is 0 Å². The van der Waals surface area contributed by atoms with E-state index < -0.39 is 19.9 Å². The van der Waals surface area contributed by atoms with E-state index in [0.717, 1.165) is 25.3 Å². The topological polar surface area (TPSA) is 69.7 Å². The number of rotatable bonds is 8. The molecule has 1 unspecified atom stereocenters. The van der Waals surface area contributed by atoms with Crippen molar-refractivity contribution in [3.05, 3.63) is 12.7 Å². The van der Waals surface area contributed by atoms with Gasteiger partial charge in [0.1, 0.15) is 0 Å². The van der Waals surface area contributed by atoms with Crippen LogP contribution in [0.2, 0.25) is 0 Å². The van der Waals surface area contributed by atoms with E-state index in [0.29, 0.717) is 6.42 Å². The molecule has 0 saturated heterocycles. The monoisotopic (exact) mass is 272 g/mol. The summed E-state index contributed by atoms with van der Waals surface area (Å²) in [4.78, 5) is 21.6. The Balaban J connectivity index is 3.47. The Bertz CT molecular complexity index is 384. The zero-order valence-corrected chi connectivity index (χ0v) is 11.3. The van der Waals surface area contributed by atoms with Crippen molar-refractivity contribution in [3.63, 3.8) is 0 Å². The van der Waals surface area contributed by atoms with Crippen LogP contribution in [0.3, 0.4) is 0 Å². The summed E-state index contributed by atoms with van der Waals surface area (Å²) in [5.74, 6) is -1.11. The average Bonchev–Trinajstić information content (AvgIpc) is 2.33. The van der Waals surface area contributed by atoms with Crippen LogP contribution in [0.1, 0.15) is 32.6 Å². The Morgan fingerprint density at radius 1 is 1.39 bits per heavy atom. The molecule has 0 fully saturated rings. The second kappa shape index (κ2) is 10.8. The van der Waals surface area contributed by atoms with Crippen LogP contribution in [0.5, 0.6) is 0 Å². The summed E-state index contributed by atoms with van der Waals surface area (Å²) in [6.07, 6.45) is 4.20. The van der Waals surface area contributed by atoms with Gasteiger partial charge in [0, 0.05) is 0 Å². The second-order valence-corrected chi connectivity index (χ2v) is 4.05. The van der Waals surface area contributed by atoms with E-state index in [-0.39, 0.29) is 12.7 Å². The Hall–Kier alpha value is -1.31. The van der Waals surface area contributed by atoms with Gasteiger partial charge in [0.25, 0.3) is 0 Å². The molecule has 100 valence electrons. The van der Waals surface area contributed by atoms with Crippen LogP contribution in [0, 0.1) is 5.63 Å². The summed E-state index contributed by atoms with van der Waals surface area (Å²) in [7, 11) is -0.464. The van der Waals surface area contributed by atoms with Crippen molar-refractivity contribution in [2.24, 2.45) is 0 Å². The Morgan fingerprint density at radius 3 is 2.72 bits per heavy atom. The summed E-state index contributed by atoms with van der Waals surface area (Å²) in [5.41, 5.74) is 1.97. The fraction of sp³-hybridized carbons (Fsp3) is 0.583. The van der Waals surface area contributed by atoms with Crippen LogP contribution in [0.25, 0.3) is 0 Å². The third-order valence-corrected chi connectivity index (χ3v) is 2.38. The molecule has 0 saturated carbocycles. The quantitative estimate of drug-likeness (QED) is 0.294. The molecule has 0 bridgehead atoms. The third-order valence-electron chi connectivity index (χ3n) is 2.11. The zero-order chi connectivity index (χ0) is 13.8. The molecular weight excluding hydrogens is 255 g/mol. The number of hydrogen-bond donors (Lipinski definition) is 0. The number of carbonyl (C=O) groups excluding carboxylic acids is 2. The summed E-state index contributed by atoms with van der Waals surface area (Å²) in [5, 5.41) is 0. The van der Waals surface area contributed by atoms with Crippen molar-refractivity contribution >= 4 is 19.9 Å². The zero-order valence-electron chi connectivity index (χ0n) is 10.4. The van der Waals surface area contributed by atoms with Crippen LogP contribution >= 0.6 is 7.92 Å². The first kappa shape index (κ1) is 16.7. The summed E-state index contributed by atoms with van der Waals surface area (Å²) >= 11 is 0. The van der Waals surface area contributed by atoms with Gasteiger partial charge in [-0.25, -0.2) is 0 Å². The van der Waals surface area contributed by atoms with Gasteiger partial charge in [-0.3, -0.25) is 0 Å². The van der Waals surface area contributed by atoms with Gasteiger partial charge in [-0.1, -0.05) is 6.58 Å². The van der Waals surface area contributed by atoms with Crippen molar-refractivity contribution in [2.45, 2.75) is 38.7 Å². The number of esters is 2. The second-order valence-electron chi connectivity index (χ2n) is 3.64. The molecule has 0 amide bonds. The molecule has 5 nitrogen and oxygen atoms in total. The van der Waals surface area contributed by atoms with E-state index in [4.69, 9.17) is 9.47 Å². The Morgan fingerprint density at radius 2 is 2.11 bits per heavy atom. The maximum atomic E-state index is 10.9. The van der Waals surface area contributed by atoms with Crippen molar-refractivity contribution in [2.75, 3.05) is 6.61 Å². The molecule has 0 aliphatic rings. The van der Waals surface area contributed by atoms with Crippen LogP contribution in [0.4, 0.5) is 0 Å². The predicted molar refractivity (Wildman–Crippen MR) is 66.7 cm³/mol. The maximum absolute atomic E-state index is 10.9. The van der Waals surface area contributed by atoms with Gasteiger partial charge < -0.3 is 0 Å². The molecule has 0 aromatic heterocycles. The molecule has 0 aliphatic heterocycles. The molecule has 0 rings (SSSR count). The van der Waals surface area contributed by atoms with E-state index >= 15 is 0 Å². The molecule has 6 heteroatoms. The van der Waals surface area contributed by atoms with E-state index in [1.807, 2.05) is 12.6 Å². The predicted octanol–water partition coefficient (Wildman–Crippen LogP) is 2.46. The molecule has 0 radical (unpaired) electrons. The number of carbonyl (C=O) groups is 2. The van der Waals surface area contributed by atoms with Gasteiger partial charge in [-0.05, 0) is 0 Å². The minimum absolute atomic E-state index is 0.140. The van der Waals surface area contributed by atoms with E-state index in [2.05, 4.69) is 6.58 Å². The number of hydrogen-bond acceptors (Lipinski definition) is 5. The first-order valence-electron chi connectivity index (χ1n) is 5.68. The number of ether oxygens (including phenoxy) is 2. The SMILES string of the molecule is C=CC(=O)OC(C)CCCCCOC(=O)C#P=O. The summed E-state index contributed by atoms with van der Waals surface area (Å²) in [6.45, 7) is 5.41. The standard InChI is InChI=1S/C12H17O5P/c1-3-11(13)17-10(2)7-5-4-6-8-16-12(14)9-18-15/h3,10H,1,4-8H2,2H3. The molecule has 0 heterocycles. The molecule has 0 aromatic carbocycles. The van der Waals surface area contributed by atoms with E-state index in [9.17, 15) is 14.2 Å². The van der Waals surface area contributed by atoms with Gasteiger partial charge in [0.05, 0.1) is 0 Å². The molecular formula is C12H17O5P. The summed E-state index contributed by atoms with van der Waals surface area (Å²) < 4.78 is 19.7. The number of unbranched alkanes of at least 4 members (excludes halogenated alkanes) is 2. The molecule has 1 atom stereocenters. The first-order chi connectivity index (χ1) is 8.60. The average molecular weight is 272 g/mol. The van der Waals surface area contributed by atoms with Crippen molar-refractivity contribution in [3.8, 4) is 5.63 Å². The van der Waals surface area contributed by atoms with Crippen LogP contribution in [-0.2, 0) is 23.6 Å².